The van der Waals surface area contributed by atoms with Crippen LogP contribution in [0.15, 0.2) is 22.0 Å². The minimum absolute atomic E-state index is 0.0544. The van der Waals surface area contributed by atoms with Gasteiger partial charge >= 0.3 is 0 Å². The number of aromatic nitrogens is 2. The van der Waals surface area contributed by atoms with Crippen LogP contribution in [-0.4, -0.2) is 59.1 Å². The van der Waals surface area contributed by atoms with Crippen LogP contribution in [0.25, 0.3) is 10.7 Å². The molecule has 0 saturated carbocycles. The number of carbonyl (C=O) groups is 1. The molecule has 0 aliphatic carbocycles. The van der Waals surface area contributed by atoms with Gasteiger partial charge in [-0.25, -0.2) is 12.7 Å². The fourth-order valence-electron chi connectivity index (χ4n) is 3.17. The fourth-order valence-corrected chi connectivity index (χ4v) is 5.00. The first-order valence-corrected chi connectivity index (χ1v) is 11.6. The standard InChI is InChI=1S/C17H24N4O4S2/c1-3-20(12-15-18-16(19-25-15)14-8-6-10-26-14)17(22)13-7-5-9-21(11-13)27(23,24)4-2/h6,8,10,13H,3-5,7,9,11-12H2,1-2H3/t13-/m0/s1. The molecule has 1 saturated heterocycles. The van der Waals surface area contributed by atoms with Gasteiger partial charge in [0.25, 0.3) is 0 Å². The smallest absolute Gasteiger partial charge is 0.246 e. The lowest BCUT2D eigenvalue weighted by Crippen LogP contribution is -2.46. The maximum Gasteiger partial charge on any atom is 0.246 e. The van der Waals surface area contributed by atoms with Gasteiger partial charge in [0, 0.05) is 19.6 Å². The second-order valence-electron chi connectivity index (χ2n) is 6.44. The summed E-state index contributed by atoms with van der Waals surface area (Å²) in [4.78, 5) is 19.9. The summed E-state index contributed by atoms with van der Waals surface area (Å²) in [6.07, 6.45) is 1.38. The number of sulfonamides is 1. The predicted molar refractivity (Wildman–Crippen MR) is 102 cm³/mol. The van der Waals surface area contributed by atoms with Gasteiger partial charge in [0.2, 0.25) is 27.6 Å². The average molecular weight is 413 g/mol. The molecule has 1 atom stereocenters. The third kappa shape index (κ3) is 4.56. The zero-order valence-corrected chi connectivity index (χ0v) is 17.1. The monoisotopic (exact) mass is 412 g/mol. The van der Waals surface area contributed by atoms with E-state index in [2.05, 4.69) is 10.1 Å². The van der Waals surface area contributed by atoms with Crippen LogP contribution >= 0.6 is 11.3 Å². The zero-order chi connectivity index (χ0) is 19.4. The minimum Gasteiger partial charge on any atom is -0.337 e. The second-order valence-corrected chi connectivity index (χ2v) is 9.64. The summed E-state index contributed by atoms with van der Waals surface area (Å²) in [6, 6.07) is 3.82. The minimum atomic E-state index is -3.28. The Morgan fingerprint density at radius 2 is 2.26 bits per heavy atom. The van der Waals surface area contributed by atoms with Crippen LogP contribution in [0.4, 0.5) is 0 Å². The van der Waals surface area contributed by atoms with Gasteiger partial charge in [-0.15, -0.1) is 11.3 Å². The van der Waals surface area contributed by atoms with Crippen molar-refractivity contribution in [1.29, 1.82) is 0 Å². The molecule has 10 heteroatoms. The van der Waals surface area contributed by atoms with Crippen molar-refractivity contribution in [2.24, 2.45) is 5.92 Å². The first-order chi connectivity index (χ1) is 12.9. The first-order valence-electron chi connectivity index (χ1n) is 9.07. The number of hydrogen-bond donors (Lipinski definition) is 0. The lowest BCUT2D eigenvalue weighted by Gasteiger charge is -2.33. The number of amides is 1. The highest BCUT2D eigenvalue weighted by atomic mass is 32.2. The lowest BCUT2D eigenvalue weighted by molar-refractivity contribution is -0.137. The molecule has 3 rings (SSSR count). The Kier molecular flexibility index (Phi) is 6.28. The highest BCUT2D eigenvalue weighted by Gasteiger charge is 2.33. The van der Waals surface area contributed by atoms with E-state index >= 15 is 0 Å². The van der Waals surface area contributed by atoms with Gasteiger partial charge in [0.1, 0.15) is 0 Å². The van der Waals surface area contributed by atoms with Crippen LogP contribution in [0.3, 0.4) is 0 Å². The number of nitrogens with zero attached hydrogens (tertiary/aromatic N) is 4. The molecule has 148 valence electrons. The van der Waals surface area contributed by atoms with Crippen molar-refractivity contribution in [2.75, 3.05) is 25.4 Å². The Morgan fingerprint density at radius 3 is 2.93 bits per heavy atom. The van der Waals surface area contributed by atoms with Gasteiger partial charge < -0.3 is 9.42 Å². The molecular weight excluding hydrogens is 388 g/mol. The summed E-state index contributed by atoms with van der Waals surface area (Å²) in [5.41, 5.74) is 0. The molecule has 27 heavy (non-hydrogen) atoms. The average Bonchev–Trinajstić information content (AvgIpc) is 3.37. The molecule has 1 fully saturated rings. The summed E-state index contributed by atoms with van der Waals surface area (Å²) in [6.45, 7) is 4.96. The molecule has 0 unspecified atom stereocenters. The second kappa shape index (κ2) is 8.49. The Morgan fingerprint density at radius 1 is 1.44 bits per heavy atom. The normalized spacial score (nSPS) is 18.5. The van der Waals surface area contributed by atoms with Crippen molar-refractivity contribution in [3.8, 4) is 10.7 Å². The van der Waals surface area contributed by atoms with Crippen LogP contribution in [0, 0.1) is 5.92 Å². The van der Waals surface area contributed by atoms with Crippen molar-refractivity contribution >= 4 is 27.3 Å². The SMILES string of the molecule is CCN(Cc1nc(-c2cccs2)no1)C(=O)[C@H]1CCCN(S(=O)(=O)CC)C1. The molecule has 0 bridgehead atoms. The number of rotatable bonds is 7. The van der Waals surface area contributed by atoms with Gasteiger partial charge in [-0.3, -0.25) is 4.79 Å². The van der Waals surface area contributed by atoms with E-state index in [1.807, 2.05) is 24.4 Å². The van der Waals surface area contributed by atoms with Gasteiger partial charge in [0.05, 0.1) is 23.1 Å². The number of hydrogen-bond acceptors (Lipinski definition) is 7. The molecule has 0 aromatic carbocycles. The highest BCUT2D eigenvalue weighted by Crippen LogP contribution is 2.24. The molecule has 2 aromatic heterocycles. The summed E-state index contributed by atoms with van der Waals surface area (Å²) in [5, 5.41) is 5.91. The van der Waals surface area contributed by atoms with E-state index < -0.39 is 10.0 Å². The quantitative estimate of drug-likeness (QED) is 0.692. The van der Waals surface area contributed by atoms with E-state index in [9.17, 15) is 13.2 Å². The number of thiophene rings is 1. The Hall–Kier alpha value is -1.78. The summed E-state index contributed by atoms with van der Waals surface area (Å²) in [7, 11) is -3.28. The molecule has 1 amide bonds. The van der Waals surface area contributed by atoms with Crippen molar-refractivity contribution in [3.05, 3.63) is 23.4 Å². The summed E-state index contributed by atoms with van der Waals surface area (Å²) < 4.78 is 31.0. The Bertz CT molecular complexity index is 863. The molecule has 0 radical (unpaired) electrons. The van der Waals surface area contributed by atoms with Gasteiger partial charge in [-0.2, -0.15) is 4.98 Å². The third-order valence-corrected chi connectivity index (χ3v) is 7.43. The molecular formula is C17H24N4O4S2. The van der Waals surface area contributed by atoms with Crippen LogP contribution < -0.4 is 0 Å². The van der Waals surface area contributed by atoms with E-state index in [0.717, 1.165) is 4.88 Å². The van der Waals surface area contributed by atoms with E-state index in [4.69, 9.17) is 4.52 Å². The van der Waals surface area contributed by atoms with Crippen LogP contribution in [0.1, 0.15) is 32.6 Å². The lowest BCUT2D eigenvalue weighted by atomic mass is 9.98. The number of piperidine rings is 1. The molecule has 1 aliphatic heterocycles. The van der Waals surface area contributed by atoms with E-state index in [1.54, 1.807) is 11.8 Å². The van der Waals surface area contributed by atoms with Crippen molar-refractivity contribution in [2.45, 2.75) is 33.2 Å². The van der Waals surface area contributed by atoms with Gasteiger partial charge in [0.15, 0.2) is 0 Å². The summed E-state index contributed by atoms with van der Waals surface area (Å²) in [5.74, 6) is 0.548. The molecule has 2 aromatic rings. The van der Waals surface area contributed by atoms with Crippen LogP contribution in [-0.2, 0) is 21.4 Å². The topological polar surface area (TPSA) is 96.6 Å². The molecule has 8 nitrogen and oxygen atoms in total. The molecule has 3 heterocycles. The Balaban J connectivity index is 1.67. The largest absolute Gasteiger partial charge is 0.337 e. The van der Waals surface area contributed by atoms with E-state index in [1.165, 1.54) is 15.6 Å². The zero-order valence-electron chi connectivity index (χ0n) is 15.5. The maximum atomic E-state index is 12.9. The van der Waals surface area contributed by atoms with Gasteiger partial charge in [-0.1, -0.05) is 11.2 Å². The predicted octanol–water partition coefficient (Wildman–Crippen LogP) is 2.21. The fraction of sp³-hybridized carbons (Fsp3) is 0.588. The van der Waals surface area contributed by atoms with Crippen molar-refractivity contribution < 1.29 is 17.7 Å². The van der Waals surface area contributed by atoms with E-state index in [0.29, 0.717) is 37.6 Å². The first kappa shape index (κ1) is 20.0. The third-order valence-electron chi connectivity index (χ3n) is 4.72. The molecule has 0 spiro atoms. The van der Waals surface area contributed by atoms with Crippen LogP contribution in [0.5, 0.6) is 0 Å². The molecule has 1 aliphatic rings. The maximum absolute atomic E-state index is 12.9. The highest BCUT2D eigenvalue weighted by molar-refractivity contribution is 7.89. The van der Waals surface area contributed by atoms with E-state index in [-0.39, 0.29) is 30.7 Å². The van der Waals surface area contributed by atoms with Gasteiger partial charge in [-0.05, 0) is 38.1 Å². The van der Waals surface area contributed by atoms with Crippen molar-refractivity contribution in [3.63, 3.8) is 0 Å². The van der Waals surface area contributed by atoms with Crippen molar-refractivity contribution in [1.82, 2.24) is 19.3 Å². The number of carbonyl (C=O) groups excluding carboxylic acids is 1. The summed E-state index contributed by atoms with van der Waals surface area (Å²) >= 11 is 1.52. The Labute approximate surface area is 163 Å². The van der Waals surface area contributed by atoms with Crippen LogP contribution in [0.2, 0.25) is 0 Å². The molecule has 0 N–H and O–H groups in total.